The van der Waals surface area contributed by atoms with Crippen LogP contribution in [0.25, 0.3) is 0 Å². The number of pyridine rings is 1. The number of nitrogens with one attached hydrogen (secondary N) is 1. The van der Waals surface area contributed by atoms with E-state index in [0.717, 1.165) is 18.8 Å². The molecule has 0 aliphatic rings. The minimum absolute atomic E-state index is 0.395. The molecule has 0 saturated heterocycles. The van der Waals surface area contributed by atoms with E-state index in [0.29, 0.717) is 12.0 Å². The lowest BCUT2D eigenvalue weighted by Crippen LogP contribution is -2.37. The van der Waals surface area contributed by atoms with Gasteiger partial charge in [-0.15, -0.1) is 0 Å². The number of methoxy groups -OCH3 is 1. The van der Waals surface area contributed by atoms with Crippen LogP contribution in [0.4, 0.5) is 0 Å². The summed E-state index contributed by atoms with van der Waals surface area (Å²) in [5.41, 5.74) is 2.27. The van der Waals surface area contributed by atoms with Gasteiger partial charge in [0.1, 0.15) is 0 Å². The minimum atomic E-state index is 0.395. The van der Waals surface area contributed by atoms with Crippen molar-refractivity contribution in [3.63, 3.8) is 0 Å². The number of nitrogens with zero attached hydrogens (tertiary/aromatic N) is 1. The number of rotatable bonds is 6. The molecule has 3 nitrogen and oxygen atoms in total. The Balaban J connectivity index is 2.45. The normalized spacial score (nSPS) is 13.1. The summed E-state index contributed by atoms with van der Waals surface area (Å²) in [5, 5.41) is 3.49. The maximum absolute atomic E-state index is 5.19. The largest absolute Gasteiger partial charge is 0.383 e. The van der Waals surface area contributed by atoms with Gasteiger partial charge >= 0.3 is 0 Å². The molecule has 1 unspecified atom stereocenters. The molecule has 0 aliphatic heterocycles. The maximum Gasteiger partial charge on any atom is 0.0618 e. The van der Waals surface area contributed by atoms with E-state index in [1.54, 1.807) is 7.11 Å². The molecule has 0 radical (unpaired) electrons. The third-order valence-electron chi connectivity index (χ3n) is 2.69. The van der Waals surface area contributed by atoms with E-state index < -0.39 is 0 Å². The standard InChI is InChI=1S/C13H22N2O/c1-10(2)13(9-16-4)15-8-12-6-5-11(3)14-7-12/h5-7,10,13,15H,8-9H2,1-4H3. The lowest BCUT2D eigenvalue weighted by molar-refractivity contribution is 0.146. The molecule has 1 aromatic rings. The summed E-state index contributed by atoms with van der Waals surface area (Å²) in [6.45, 7) is 7.99. The Morgan fingerprint density at radius 3 is 2.62 bits per heavy atom. The average Bonchev–Trinajstić information content (AvgIpc) is 2.26. The first kappa shape index (κ1) is 13.1. The summed E-state index contributed by atoms with van der Waals surface area (Å²) in [6, 6.07) is 4.54. The fourth-order valence-corrected chi connectivity index (χ4v) is 1.52. The van der Waals surface area contributed by atoms with Crippen molar-refractivity contribution in [3.8, 4) is 0 Å². The van der Waals surface area contributed by atoms with Crippen LogP contribution in [0.5, 0.6) is 0 Å². The van der Waals surface area contributed by atoms with Crippen molar-refractivity contribution in [2.24, 2.45) is 5.92 Å². The maximum atomic E-state index is 5.19. The Morgan fingerprint density at radius 1 is 1.38 bits per heavy atom. The molecule has 90 valence electrons. The zero-order valence-electron chi connectivity index (χ0n) is 10.7. The molecule has 1 heterocycles. The number of ether oxygens (including phenoxy) is 1. The first-order valence-corrected chi connectivity index (χ1v) is 5.77. The zero-order valence-corrected chi connectivity index (χ0v) is 10.7. The van der Waals surface area contributed by atoms with Gasteiger partial charge in [-0.3, -0.25) is 4.98 Å². The zero-order chi connectivity index (χ0) is 12.0. The van der Waals surface area contributed by atoms with Crippen LogP contribution in [0.2, 0.25) is 0 Å². The summed E-state index contributed by atoms with van der Waals surface area (Å²) in [7, 11) is 1.74. The number of aryl methyl sites for hydroxylation is 1. The smallest absolute Gasteiger partial charge is 0.0618 e. The van der Waals surface area contributed by atoms with E-state index in [2.05, 4.69) is 30.2 Å². The van der Waals surface area contributed by atoms with Crippen molar-refractivity contribution < 1.29 is 4.74 Å². The van der Waals surface area contributed by atoms with Gasteiger partial charge in [0.25, 0.3) is 0 Å². The van der Waals surface area contributed by atoms with Gasteiger partial charge in [-0.1, -0.05) is 19.9 Å². The van der Waals surface area contributed by atoms with Crippen molar-refractivity contribution in [2.45, 2.75) is 33.4 Å². The molecule has 16 heavy (non-hydrogen) atoms. The molecule has 0 aliphatic carbocycles. The SMILES string of the molecule is COCC(NCc1ccc(C)nc1)C(C)C. The Bertz CT molecular complexity index is 295. The van der Waals surface area contributed by atoms with Crippen LogP contribution in [0.1, 0.15) is 25.1 Å². The summed E-state index contributed by atoms with van der Waals surface area (Å²) < 4.78 is 5.19. The monoisotopic (exact) mass is 222 g/mol. The first-order chi connectivity index (χ1) is 7.63. The fraction of sp³-hybridized carbons (Fsp3) is 0.615. The van der Waals surface area contributed by atoms with Crippen LogP contribution in [-0.4, -0.2) is 24.7 Å². The topological polar surface area (TPSA) is 34.1 Å². The summed E-state index contributed by atoms with van der Waals surface area (Å²) >= 11 is 0. The van der Waals surface area contributed by atoms with Crippen molar-refractivity contribution in [1.29, 1.82) is 0 Å². The molecule has 3 heteroatoms. The Kier molecular flexibility index (Phi) is 5.43. The van der Waals surface area contributed by atoms with E-state index in [9.17, 15) is 0 Å². The second kappa shape index (κ2) is 6.61. The van der Waals surface area contributed by atoms with Gasteiger partial charge in [-0.05, 0) is 24.5 Å². The van der Waals surface area contributed by atoms with Gasteiger partial charge in [0.05, 0.1) is 6.61 Å². The molecule has 0 bridgehead atoms. The van der Waals surface area contributed by atoms with E-state index in [1.165, 1.54) is 5.56 Å². The molecular weight excluding hydrogens is 200 g/mol. The lowest BCUT2D eigenvalue weighted by Gasteiger charge is -2.21. The van der Waals surface area contributed by atoms with Crippen molar-refractivity contribution >= 4 is 0 Å². The highest BCUT2D eigenvalue weighted by molar-refractivity contribution is 5.12. The molecule has 1 rings (SSSR count). The number of hydrogen-bond acceptors (Lipinski definition) is 3. The summed E-state index contributed by atoms with van der Waals surface area (Å²) in [6.07, 6.45) is 1.92. The molecule has 1 aromatic heterocycles. The van der Waals surface area contributed by atoms with Crippen LogP contribution in [0.3, 0.4) is 0 Å². The average molecular weight is 222 g/mol. The van der Waals surface area contributed by atoms with E-state index in [-0.39, 0.29) is 0 Å². The number of aromatic nitrogens is 1. The molecule has 0 aromatic carbocycles. The van der Waals surface area contributed by atoms with Gasteiger partial charge in [0, 0.05) is 31.6 Å². The van der Waals surface area contributed by atoms with Crippen LogP contribution in [-0.2, 0) is 11.3 Å². The van der Waals surface area contributed by atoms with E-state index >= 15 is 0 Å². The van der Waals surface area contributed by atoms with Crippen molar-refractivity contribution in [1.82, 2.24) is 10.3 Å². The second-order valence-electron chi connectivity index (χ2n) is 4.49. The molecule has 0 saturated carbocycles. The van der Waals surface area contributed by atoms with Gasteiger partial charge in [-0.2, -0.15) is 0 Å². The van der Waals surface area contributed by atoms with Gasteiger partial charge in [0.15, 0.2) is 0 Å². The van der Waals surface area contributed by atoms with Gasteiger partial charge < -0.3 is 10.1 Å². The third kappa shape index (κ3) is 4.29. The molecule has 1 N–H and O–H groups in total. The molecule has 0 fully saturated rings. The summed E-state index contributed by atoms with van der Waals surface area (Å²) in [5.74, 6) is 0.568. The fourth-order valence-electron chi connectivity index (χ4n) is 1.52. The molecule has 0 spiro atoms. The van der Waals surface area contributed by atoms with Crippen molar-refractivity contribution in [2.75, 3.05) is 13.7 Å². The highest BCUT2D eigenvalue weighted by Crippen LogP contribution is 2.04. The van der Waals surface area contributed by atoms with Crippen LogP contribution in [0, 0.1) is 12.8 Å². The quantitative estimate of drug-likeness (QED) is 0.801. The summed E-state index contributed by atoms with van der Waals surface area (Å²) in [4.78, 5) is 4.28. The highest BCUT2D eigenvalue weighted by atomic mass is 16.5. The minimum Gasteiger partial charge on any atom is -0.383 e. The number of hydrogen-bond donors (Lipinski definition) is 1. The predicted octanol–water partition coefficient (Wildman–Crippen LogP) is 2.15. The van der Waals surface area contributed by atoms with Crippen LogP contribution >= 0.6 is 0 Å². The molecular formula is C13H22N2O. The second-order valence-corrected chi connectivity index (χ2v) is 4.49. The van der Waals surface area contributed by atoms with Crippen LogP contribution < -0.4 is 5.32 Å². The Morgan fingerprint density at radius 2 is 2.12 bits per heavy atom. The first-order valence-electron chi connectivity index (χ1n) is 5.77. The van der Waals surface area contributed by atoms with E-state index in [1.807, 2.05) is 19.2 Å². The van der Waals surface area contributed by atoms with Gasteiger partial charge in [0.2, 0.25) is 0 Å². The van der Waals surface area contributed by atoms with E-state index in [4.69, 9.17) is 4.74 Å². The molecule has 0 amide bonds. The van der Waals surface area contributed by atoms with Gasteiger partial charge in [-0.25, -0.2) is 0 Å². The molecule has 1 atom stereocenters. The Labute approximate surface area is 98.2 Å². The lowest BCUT2D eigenvalue weighted by atomic mass is 10.1. The Hall–Kier alpha value is -0.930. The third-order valence-corrected chi connectivity index (χ3v) is 2.69. The van der Waals surface area contributed by atoms with Crippen LogP contribution in [0.15, 0.2) is 18.3 Å². The van der Waals surface area contributed by atoms with Crippen molar-refractivity contribution in [3.05, 3.63) is 29.6 Å². The highest BCUT2D eigenvalue weighted by Gasteiger charge is 2.11. The predicted molar refractivity (Wildman–Crippen MR) is 66.3 cm³/mol.